The van der Waals surface area contributed by atoms with E-state index < -0.39 is 0 Å². The molecule has 3 aliphatic carbocycles. The van der Waals surface area contributed by atoms with Gasteiger partial charge >= 0.3 is 0 Å². The van der Waals surface area contributed by atoms with E-state index in [0.29, 0.717) is 34.6 Å². The average Bonchev–Trinajstić information content (AvgIpc) is 3.49. The van der Waals surface area contributed by atoms with Crippen LogP contribution in [0.3, 0.4) is 0 Å². The molecule has 4 aromatic rings. The van der Waals surface area contributed by atoms with Crippen molar-refractivity contribution >= 4 is 5.69 Å². The molecule has 1 heterocycles. The van der Waals surface area contributed by atoms with E-state index in [9.17, 15) is 0 Å². The molecule has 198 valence electrons. The number of benzene rings is 4. The summed E-state index contributed by atoms with van der Waals surface area (Å²) >= 11 is 0. The molecule has 4 aliphatic rings. The van der Waals surface area contributed by atoms with E-state index >= 15 is 0 Å². The third-order valence-corrected chi connectivity index (χ3v) is 9.09. The lowest BCUT2D eigenvalue weighted by molar-refractivity contribution is 0.310. The number of allylic oxidation sites excluding steroid dienone is 5. The molecule has 1 aliphatic heterocycles. The van der Waals surface area contributed by atoms with Crippen LogP contribution in [0.2, 0.25) is 0 Å². The third-order valence-electron chi connectivity index (χ3n) is 9.09. The largest absolute Gasteiger partial charge is 0.449 e. The number of rotatable bonds is 4. The van der Waals surface area contributed by atoms with Crippen LogP contribution >= 0.6 is 0 Å². The van der Waals surface area contributed by atoms with Crippen molar-refractivity contribution in [2.24, 2.45) is 0 Å². The average molecular weight is 532 g/mol. The minimum absolute atomic E-state index is 0.357. The first-order valence-electron chi connectivity index (χ1n) is 14.1. The summed E-state index contributed by atoms with van der Waals surface area (Å²) < 4.78 is 13.2. The van der Waals surface area contributed by atoms with Crippen LogP contribution in [-0.2, 0) is 5.41 Å². The fourth-order valence-corrected chi connectivity index (χ4v) is 7.27. The zero-order valence-corrected chi connectivity index (χ0v) is 22.9. The quantitative estimate of drug-likeness (QED) is 0.263. The highest BCUT2D eigenvalue weighted by atomic mass is 16.6. The van der Waals surface area contributed by atoms with Crippen molar-refractivity contribution in [3.05, 3.63) is 173 Å². The first-order valence-corrected chi connectivity index (χ1v) is 14.1. The normalized spacial score (nSPS) is 20.6. The second-order valence-electron chi connectivity index (χ2n) is 11.0. The lowest BCUT2D eigenvalue weighted by Gasteiger charge is -2.33. The molecule has 2 atom stereocenters. The number of nitrogens with zero attached hydrogens (tertiary/aromatic N) is 1. The van der Waals surface area contributed by atoms with Crippen molar-refractivity contribution in [2.45, 2.75) is 17.8 Å². The number of ether oxygens (including phenoxy) is 2. The van der Waals surface area contributed by atoms with Gasteiger partial charge in [0.25, 0.3) is 0 Å². The highest BCUT2D eigenvalue weighted by Crippen LogP contribution is 2.66. The molecule has 3 nitrogen and oxygen atoms in total. The Morgan fingerprint density at radius 2 is 1.59 bits per heavy atom. The number of fused-ring (bicyclic) bond motifs is 11. The summed E-state index contributed by atoms with van der Waals surface area (Å²) in [5.41, 5.74) is 10.5. The number of hydrogen-bond donors (Lipinski definition) is 0. The van der Waals surface area contributed by atoms with Gasteiger partial charge in [-0.3, -0.25) is 0 Å². The molecule has 0 bridgehead atoms. The highest BCUT2D eigenvalue weighted by Gasteiger charge is 2.55. The molecule has 0 fully saturated rings. The molecular formula is C38H29NO2. The van der Waals surface area contributed by atoms with E-state index in [1.165, 1.54) is 39.0 Å². The van der Waals surface area contributed by atoms with Crippen molar-refractivity contribution in [2.75, 3.05) is 11.9 Å². The predicted molar refractivity (Wildman–Crippen MR) is 165 cm³/mol. The van der Waals surface area contributed by atoms with E-state index in [1.807, 2.05) is 42.3 Å². The topological polar surface area (TPSA) is 21.7 Å². The molecule has 41 heavy (non-hydrogen) atoms. The molecule has 0 amide bonds. The van der Waals surface area contributed by atoms with Crippen LogP contribution in [-0.4, -0.2) is 7.05 Å². The number of hydrogen-bond acceptors (Lipinski definition) is 3. The van der Waals surface area contributed by atoms with Gasteiger partial charge in [-0.25, -0.2) is 0 Å². The maximum absolute atomic E-state index is 6.62. The summed E-state index contributed by atoms with van der Waals surface area (Å²) in [5, 5.41) is 0. The van der Waals surface area contributed by atoms with Crippen LogP contribution in [0, 0.1) is 0 Å². The Morgan fingerprint density at radius 3 is 2.41 bits per heavy atom. The van der Waals surface area contributed by atoms with E-state index in [2.05, 4.69) is 92.0 Å². The molecule has 0 radical (unpaired) electrons. The Labute approximate surface area is 240 Å². The first kappa shape index (κ1) is 23.8. The van der Waals surface area contributed by atoms with Crippen LogP contribution in [0.4, 0.5) is 5.69 Å². The Hall–Kier alpha value is -5.02. The molecule has 2 unspecified atom stereocenters. The van der Waals surface area contributed by atoms with Crippen LogP contribution in [0.1, 0.15) is 34.6 Å². The van der Waals surface area contributed by atoms with Crippen LogP contribution in [0.15, 0.2) is 151 Å². The van der Waals surface area contributed by atoms with Gasteiger partial charge in [0, 0.05) is 18.7 Å². The lowest BCUT2D eigenvalue weighted by atomic mass is 9.69. The minimum atomic E-state index is -0.369. The molecule has 3 heteroatoms. The van der Waals surface area contributed by atoms with E-state index in [1.54, 1.807) is 6.08 Å². The molecule has 0 saturated carbocycles. The maximum Gasteiger partial charge on any atom is 0.193 e. The summed E-state index contributed by atoms with van der Waals surface area (Å²) in [6.45, 7) is 8.41. The summed E-state index contributed by atoms with van der Waals surface area (Å²) in [5.74, 6) is 2.85. The maximum atomic E-state index is 6.62. The molecule has 1 spiro atoms. The Kier molecular flexibility index (Phi) is 5.08. The smallest absolute Gasteiger partial charge is 0.193 e. The zero-order valence-electron chi connectivity index (χ0n) is 22.9. The van der Waals surface area contributed by atoms with E-state index in [4.69, 9.17) is 9.47 Å². The van der Waals surface area contributed by atoms with E-state index in [-0.39, 0.29) is 5.41 Å². The fourth-order valence-electron chi connectivity index (χ4n) is 7.27. The second-order valence-corrected chi connectivity index (χ2v) is 11.0. The number of likely N-dealkylation sites (N-methyl/N-ethyl adjacent to an activating group) is 1. The first-order chi connectivity index (χ1) is 20.1. The second kappa shape index (κ2) is 8.74. The van der Waals surface area contributed by atoms with Crippen LogP contribution < -0.4 is 14.4 Å². The SMILES string of the molecule is C=CC1=C(C(=C)N(C)c2ccccc2)Oc2cc3c(cc2O1)C1(C2=CC=CCC2c2ccccc21)c1ccccc1-3. The standard InChI is InChI=1S/C38H29NO2/c1-4-34-37(24(2)39(3)25-14-6-5-7-15-25)41-35-22-29-28-18-10-13-21-32(28)38(33(29)23-36(35)40-34)30-19-11-8-16-26(30)27-17-9-12-20-31(27)38/h4-16,18-23,27H,1-2,17H2,3H3. The molecule has 0 aromatic heterocycles. The summed E-state index contributed by atoms with van der Waals surface area (Å²) in [7, 11) is 1.98. The minimum Gasteiger partial charge on any atom is -0.449 e. The van der Waals surface area contributed by atoms with Crippen molar-refractivity contribution < 1.29 is 9.47 Å². The van der Waals surface area contributed by atoms with E-state index in [0.717, 1.165) is 12.1 Å². The Balaban J connectivity index is 1.31. The molecule has 0 saturated heterocycles. The zero-order chi connectivity index (χ0) is 27.7. The van der Waals surface area contributed by atoms with Crippen LogP contribution in [0.25, 0.3) is 11.1 Å². The Bertz CT molecular complexity index is 1880. The van der Waals surface area contributed by atoms with Gasteiger partial charge in [0.05, 0.1) is 11.1 Å². The monoisotopic (exact) mass is 531 g/mol. The van der Waals surface area contributed by atoms with Gasteiger partial charge in [-0.1, -0.05) is 98.1 Å². The van der Waals surface area contributed by atoms with Gasteiger partial charge in [0.1, 0.15) is 0 Å². The van der Waals surface area contributed by atoms with Crippen molar-refractivity contribution in [1.29, 1.82) is 0 Å². The van der Waals surface area contributed by atoms with Gasteiger partial charge in [-0.05, 0) is 75.7 Å². The third kappa shape index (κ3) is 3.15. The molecule has 8 rings (SSSR count). The van der Waals surface area contributed by atoms with Gasteiger partial charge in [-0.15, -0.1) is 0 Å². The molecule has 0 N–H and O–H groups in total. The van der Waals surface area contributed by atoms with Crippen LogP contribution in [0.5, 0.6) is 11.5 Å². The summed E-state index contributed by atoms with van der Waals surface area (Å²) in [6, 6.07) is 32.2. The number of anilines is 1. The number of para-hydroxylation sites is 1. The predicted octanol–water partition coefficient (Wildman–Crippen LogP) is 8.80. The fraction of sp³-hybridized carbons (Fsp3) is 0.105. The summed E-state index contributed by atoms with van der Waals surface area (Å²) in [6.07, 6.45) is 9.56. The summed E-state index contributed by atoms with van der Waals surface area (Å²) in [4.78, 5) is 2.00. The van der Waals surface area contributed by atoms with Gasteiger partial charge in [-0.2, -0.15) is 0 Å². The van der Waals surface area contributed by atoms with Gasteiger partial charge < -0.3 is 14.4 Å². The molecule has 4 aromatic carbocycles. The van der Waals surface area contributed by atoms with Crippen molar-refractivity contribution in [3.8, 4) is 22.6 Å². The molecular weight excluding hydrogens is 502 g/mol. The van der Waals surface area contributed by atoms with Crippen molar-refractivity contribution in [1.82, 2.24) is 0 Å². The lowest BCUT2D eigenvalue weighted by Crippen LogP contribution is -2.27. The highest BCUT2D eigenvalue weighted by molar-refractivity contribution is 5.90. The van der Waals surface area contributed by atoms with Gasteiger partial charge in [0.2, 0.25) is 0 Å². The van der Waals surface area contributed by atoms with Crippen molar-refractivity contribution in [3.63, 3.8) is 0 Å². The Morgan fingerprint density at radius 1 is 0.854 bits per heavy atom. The van der Waals surface area contributed by atoms with Gasteiger partial charge in [0.15, 0.2) is 23.0 Å².